The van der Waals surface area contributed by atoms with Crippen molar-refractivity contribution in [2.45, 2.75) is 19.0 Å². The molecule has 28 heavy (non-hydrogen) atoms. The molecule has 8 heteroatoms. The molecular weight excluding hydrogens is 365 g/mol. The highest BCUT2D eigenvalue weighted by Crippen LogP contribution is 2.37. The highest BCUT2D eigenvalue weighted by molar-refractivity contribution is 5.95. The summed E-state index contributed by atoms with van der Waals surface area (Å²) >= 11 is 0. The van der Waals surface area contributed by atoms with Crippen LogP contribution in [0.5, 0.6) is 11.5 Å². The van der Waals surface area contributed by atoms with Gasteiger partial charge in [-0.1, -0.05) is 6.07 Å². The first-order chi connectivity index (χ1) is 13.5. The van der Waals surface area contributed by atoms with Crippen molar-refractivity contribution in [1.82, 2.24) is 5.32 Å². The average Bonchev–Trinajstić information content (AvgIpc) is 2.69. The number of benzene rings is 2. The summed E-state index contributed by atoms with van der Waals surface area (Å²) in [6.45, 7) is 0.740. The van der Waals surface area contributed by atoms with E-state index in [4.69, 9.17) is 9.47 Å². The Morgan fingerprint density at radius 2 is 2.11 bits per heavy atom. The number of fused-ring (bicyclic) bond motifs is 2. The zero-order valence-electron chi connectivity index (χ0n) is 15.3. The second-order valence-corrected chi connectivity index (χ2v) is 6.75. The first-order valence-corrected chi connectivity index (χ1v) is 8.98. The van der Waals surface area contributed by atoms with Crippen molar-refractivity contribution in [3.05, 3.63) is 47.8 Å². The van der Waals surface area contributed by atoms with Crippen molar-refractivity contribution < 1.29 is 23.5 Å². The minimum Gasteiger partial charge on any atom is -0.489 e. The van der Waals surface area contributed by atoms with Crippen LogP contribution in [0.1, 0.15) is 12.0 Å². The van der Waals surface area contributed by atoms with E-state index in [0.717, 1.165) is 11.3 Å². The summed E-state index contributed by atoms with van der Waals surface area (Å²) in [7, 11) is 1.59. The lowest BCUT2D eigenvalue weighted by atomic mass is 10.1. The summed E-state index contributed by atoms with van der Waals surface area (Å²) in [6, 6.07) is 9.74. The van der Waals surface area contributed by atoms with E-state index in [1.165, 1.54) is 12.1 Å². The number of hydrogen-bond acceptors (Lipinski definition) is 5. The smallest absolute Gasteiger partial charge is 0.262 e. The predicted molar refractivity (Wildman–Crippen MR) is 101 cm³/mol. The Morgan fingerprint density at radius 1 is 1.25 bits per heavy atom. The molecular formula is C20H20FN3O4. The molecule has 0 saturated heterocycles. The molecule has 4 rings (SSSR count). The van der Waals surface area contributed by atoms with Crippen molar-refractivity contribution >= 4 is 23.2 Å². The van der Waals surface area contributed by atoms with Gasteiger partial charge in [0.2, 0.25) is 5.91 Å². The number of hydrogen-bond donors (Lipinski definition) is 2. The summed E-state index contributed by atoms with van der Waals surface area (Å²) in [5, 5.41) is 5.43. The number of carbonyl (C=O) groups is 2. The lowest BCUT2D eigenvalue weighted by molar-refractivity contribution is -0.121. The highest BCUT2D eigenvalue weighted by Gasteiger charge is 2.30. The Bertz CT molecular complexity index is 934. The Kier molecular flexibility index (Phi) is 4.77. The summed E-state index contributed by atoms with van der Waals surface area (Å²) in [6.07, 6.45) is 0.248. The van der Waals surface area contributed by atoms with Crippen LogP contribution >= 0.6 is 0 Å². The molecule has 2 N–H and O–H groups in total. The largest absolute Gasteiger partial charge is 0.489 e. The van der Waals surface area contributed by atoms with Crippen LogP contribution in [0.3, 0.4) is 0 Å². The molecule has 2 aliphatic heterocycles. The van der Waals surface area contributed by atoms with E-state index in [2.05, 4.69) is 10.6 Å². The lowest BCUT2D eigenvalue weighted by Crippen LogP contribution is -2.45. The molecule has 0 spiro atoms. The fraction of sp³-hybridized carbons (Fsp3) is 0.300. The van der Waals surface area contributed by atoms with Crippen molar-refractivity contribution in [1.29, 1.82) is 0 Å². The molecule has 0 radical (unpaired) electrons. The van der Waals surface area contributed by atoms with Gasteiger partial charge in [-0.15, -0.1) is 0 Å². The van der Waals surface area contributed by atoms with Crippen LogP contribution in [-0.4, -0.2) is 38.1 Å². The summed E-state index contributed by atoms with van der Waals surface area (Å²) in [5.74, 6) is 0.388. The average molecular weight is 385 g/mol. The Hall–Kier alpha value is -3.29. The standard InChI is InChI=1S/C20H20FN3O4/c1-22-19(25)8-14-10-27-18-7-13(21)3-4-16(18)24(14)9-12-2-5-17-15(6-12)23-20(26)11-28-17/h2-7,14H,8-11H2,1H3,(H,22,25)(H,23,26)/t14-/m0/s1. The van der Waals surface area contributed by atoms with E-state index >= 15 is 0 Å². The fourth-order valence-corrected chi connectivity index (χ4v) is 3.44. The number of ether oxygens (including phenoxy) is 2. The van der Waals surface area contributed by atoms with Crippen molar-refractivity contribution in [3.8, 4) is 11.5 Å². The monoisotopic (exact) mass is 385 g/mol. The maximum absolute atomic E-state index is 13.6. The maximum atomic E-state index is 13.6. The SMILES string of the molecule is CNC(=O)C[C@H]1COc2cc(F)ccc2N1Cc1ccc2c(c1)NC(=O)CO2. The molecule has 0 aliphatic carbocycles. The number of amides is 2. The number of halogens is 1. The number of anilines is 2. The van der Waals surface area contributed by atoms with Crippen LogP contribution in [0.4, 0.5) is 15.8 Å². The first-order valence-electron chi connectivity index (χ1n) is 8.98. The van der Waals surface area contributed by atoms with E-state index in [0.29, 0.717) is 23.7 Å². The van der Waals surface area contributed by atoms with Gasteiger partial charge >= 0.3 is 0 Å². The second-order valence-electron chi connectivity index (χ2n) is 6.75. The third-order valence-corrected chi connectivity index (χ3v) is 4.83. The van der Waals surface area contributed by atoms with Crippen LogP contribution < -0.4 is 25.0 Å². The van der Waals surface area contributed by atoms with Gasteiger partial charge in [0.05, 0.1) is 23.8 Å². The Morgan fingerprint density at radius 3 is 2.93 bits per heavy atom. The van der Waals surface area contributed by atoms with Gasteiger partial charge in [0.15, 0.2) is 6.61 Å². The fourth-order valence-electron chi connectivity index (χ4n) is 3.44. The van der Waals surface area contributed by atoms with Gasteiger partial charge in [-0.2, -0.15) is 0 Å². The van der Waals surface area contributed by atoms with Gasteiger partial charge in [-0.3, -0.25) is 9.59 Å². The highest BCUT2D eigenvalue weighted by atomic mass is 19.1. The van der Waals surface area contributed by atoms with Gasteiger partial charge in [0.25, 0.3) is 5.91 Å². The molecule has 7 nitrogen and oxygen atoms in total. The molecule has 1 atom stereocenters. The van der Waals surface area contributed by atoms with Crippen LogP contribution in [-0.2, 0) is 16.1 Å². The van der Waals surface area contributed by atoms with Gasteiger partial charge in [0, 0.05) is 19.7 Å². The zero-order chi connectivity index (χ0) is 19.7. The molecule has 0 saturated carbocycles. The number of carbonyl (C=O) groups excluding carboxylic acids is 2. The third-order valence-electron chi connectivity index (χ3n) is 4.83. The number of rotatable bonds is 4. The Labute approximate surface area is 161 Å². The van der Waals surface area contributed by atoms with Crippen LogP contribution in [0.25, 0.3) is 0 Å². The number of nitrogens with one attached hydrogen (secondary N) is 2. The Balaban J connectivity index is 1.65. The van der Waals surface area contributed by atoms with Crippen molar-refractivity contribution in [2.24, 2.45) is 0 Å². The topological polar surface area (TPSA) is 79.9 Å². The van der Waals surface area contributed by atoms with E-state index < -0.39 is 0 Å². The van der Waals surface area contributed by atoms with Crippen molar-refractivity contribution in [2.75, 3.05) is 30.5 Å². The first kappa shape index (κ1) is 18.1. The molecule has 0 bridgehead atoms. The van der Waals surface area contributed by atoms with E-state index in [9.17, 15) is 14.0 Å². The van der Waals surface area contributed by atoms with Crippen molar-refractivity contribution in [3.63, 3.8) is 0 Å². The molecule has 0 fully saturated rings. The maximum Gasteiger partial charge on any atom is 0.262 e. The van der Waals surface area contributed by atoms with E-state index in [1.807, 2.05) is 23.1 Å². The van der Waals surface area contributed by atoms with Crippen LogP contribution in [0, 0.1) is 5.82 Å². The van der Waals surface area contributed by atoms with Gasteiger partial charge < -0.3 is 25.0 Å². The van der Waals surface area contributed by atoms with Crippen LogP contribution in [0.2, 0.25) is 0 Å². The van der Waals surface area contributed by atoms with E-state index in [-0.39, 0.29) is 43.3 Å². The van der Waals surface area contributed by atoms with Gasteiger partial charge in [-0.05, 0) is 29.8 Å². The van der Waals surface area contributed by atoms with Crippen LogP contribution in [0.15, 0.2) is 36.4 Å². The minimum atomic E-state index is -0.378. The third kappa shape index (κ3) is 3.58. The summed E-state index contributed by atoms with van der Waals surface area (Å²) < 4.78 is 24.7. The molecule has 2 amide bonds. The molecule has 146 valence electrons. The minimum absolute atomic E-state index is 0.00293. The summed E-state index contributed by atoms with van der Waals surface area (Å²) in [5.41, 5.74) is 2.26. The molecule has 2 heterocycles. The van der Waals surface area contributed by atoms with Gasteiger partial charge in [-0.25, -0.2) is 4.39 Å². The van der Waals surface area contributed by atoms with E-state index in [1.54, 1.807) is 13.1 Å². The quantitative estimate of drug-likeness (QED) is 0.842. The molecule has 0 unspecified atom stereocenters. The van der Waals surface area contributed by atoms with Gasteiger partial charge in [0.1, 0.15) is 23.9 Å². The molecule has 2 aliphatic rings. The molecule has 2 aromatic carbocycles. The predicted octanol–water partition coefficient (Wildman–Crippen LogP) is 2.06. The zero-order valence-corrected chi connectivity index (χ0v) is 15.3. The number of nitrogens with zero attached hydrogens (tertiary/aromatic N) is 1. The molecule has 2 aromatic rings. The summed E-state index contributed by atoms with van der Waals surface area (Å²) in [4.78, 5) is 25.6. The normalized spacial score (nSPS) is 17.6. The molecule has 0 aromatic heterocycles. The lowest BCUT2D eigenvalue weighted by Gasteiger charge is -2.38. The second kappa shape index (κ2) is 7.38.